The lowest BCUT2D eigenvalue weighted by Gasteiger charge is -1.89. The molecule has 1 aromatic rings. The zero-order valence-corrected chi connectivity index (χ0v) is 5.91. The Bertz CT molecular complexity index is 269. The minimum Gasteiger partial charge on any atom is -0.469 e. The van der Waals surface area contributed by atoms with Gasteiger partial charge in [0.05, 0.1) is 25.2 Å². The number of hydrogen-bond donors (Lipinski definition) is 0. The first-order chi connectivity index (χ1) is 5.33. The van der Waals surface area contributed by atoms with Crippen molar-refractivity contribution in [1.29, 1.82) is 5.26 Å². The molecule has 0 fully saturated rings. The van der Waals surface area contributed by atoms with Gasteiger partial charge in [-0.3, -0.25) is 4.79 Å². The number of carbonyl (C=O) groups is 1. The molecule has 0 aliphatic carbocycles. The van der Waals surface area contributed by atoms with Gasteiger partial charge in [0.15, 0.2) is 5.78 Å². The molecule has 0 unspecified atom stereocenters. The first-order valence-corrected chi connectivity index (χ1v) is 3.24. The van der Waals surface area contributed by atoms with E-state index >= 15 is 0 Å². The van der Waals surface area contributed by atoms with E-state index in [0.29, 0.717) is 5.76 Å². The number of Topliss-reactive ketones (excluding diaryl/α,β-unsaturated/α-hetero) is 1. The lowest BCUT2D eigenvalue weighted by molar-refractivity contribution is -0.117. The van der Waals surface area contributed by atoms with Crippen molar-refractivity contribution >= 4 is 5.78 Å². The quantitative estimate of drug-likeness (QED) is 0.650. The zero-order chi connectivity index (χ0) is 8.10. The number of nitrogens with zero attached hydrogens (tertiary/aromatic N) is 1. The average molecular weight is 149 g/mol. The third kappa shape index (κ3) is 2.26. The van der Waals surface area contributed by atoms with Gasteiger partial charge in [0.1, 0.15) is 5.76 Å². The highest BCUT2D eigenvalue weighted by Gasteiger charge is 2.03. The monoisotopic (exact) mass is 149 g/mol. The summed E-state index contributed by atoms with van der Waals surface area (Å²) in [6.07, 6.45) is 1.69. The predicted octanol–water partition coefficient (Wildman–Crippen LogP) is 1.30. The Labute approximate surface area is 64.2 Å². The van der Waals surface area contributed by atoms with Crippen LogP contribution in [0, 0.1) is 11.3 Å². The standard InChI is InChI=1S/C8H7NO2/c9-4-3-7(10)6-8-2-1-5-11-8/h1-2,5H,3,6H2. The summed E-state index contributed by atoms with van der Waals surface area (Å²) in [4.78, 5) is 10.8. The molecule has 0 amide bonds. The fourth-order valence-corrected chi connectivity index (χ4v) is 0.758. The molecule has 56 valence electrons. The van der Waals surface area contributed by atoms with Crippen LogP contribution in [0.1, 0.15) is 12.2 Å². The Morgan fingerprint density at radius 3 is 3.09 bits per heavy atom. The van der Waals surface area contributed by atoms with E-state index in [0.717, 1.165) is 0 Å². The topological polar surface area (TPSA) is 54.0 Å². The molecule has 0 aliphatic rings. The van der Waals surface area contributed by atoms with E-state index in [1.165, 1.54) is 6.26 Å². The van der Waals surface area contributed by atoms with Crippen LogP contribution in [0.3, 0.4) is 0 Å². The van der Waals surface area contributed by atoms with E-state index in [2.05, 4.69) is 0 Å². The van der Waals surface area contributed by atoms with Gasteiger partial charge in [-0.1, -0.05) is 0 Å². The van der Waals surface area contributed by atoms with Crippen molar-refractivity contribution < 1.29 is 9.21 Å². The fourth-order valence-electron chi connectivity index (χ4n) is 0.758. The molecular weight excluding hydrogens is 142 g/mol. The van der Waals surface area contributed by atoms with Crippen LogP contribution in [0.4, 0.5) is 0 Å². The molecular formula is C8H7NO2. The summed E-state index contributed by atoms with van der Waals surface area (Å²) in [6.45, 7) is 0. The van der Waals surface area contributed by atoms with E-state index in [-0.39, 0.29) is 18.6 Å². The van der Waals surface area contributed by atoms with Crippen molar-refractivity contribution in [2.24, 2.45) is 0 Å². The predicted molar refractivity (Wildman–Crippen MR) is 37.6 cm³/mol. The lowest BCUT2D eigenvalue weighted by atomic mass is 10.2. The van der Waals surface area contributed by atoms with Crippen LogP contribution in [0.25, 0.3) is 0 Å². The minimum absolute atomic E-state index is 0.0410. The maximum atomic E-state index is 10.8. The summed E-state index contributed by atoms with van der Waals surface area (Å²) in [5, 5.41) is 8.16. The molecule has 0 saturated heterocycles. The Morgan fingerprint density at radius 2 is 2.55 bits per heavy atom. The van der Waals surface area contributed by atoms with Gasteiger partial charge in [-0.15, -0.1) is 0 Å². The molecule has 0 spiro atoms. The maximum Gasteiger partial charge on any atom is 0.154 e. The summed E-state index contributed by atoms with van der Waals surface area (Å²) in [7, 11) is 0. The highest BCUT2D eigenvalue weighted by molar-refractivity contribution is 5.82. The summed E-state index contributed by atoms with van der Waals surface area (Å²) in [5.41, 5.74) is 0. The molecule has 0 aromatic carbocycles. The second-order valence-corrected chi connectivity index (χ2v) is 2.13. The number of nitriles is 1. The second kappa shape index (κ2) is 3.57. The number of carbonyl (C=O) groups excluding carboxylic acids is 1. The van der Waals surface area contributed by atoms with Crippen molar-refractivity contribution in [3.8, 4) is 6.07 Å². The van der Waals surface area contributed by atoms with Crippen LogP contribution in [0.15, 0.2) is 22.8 Å². The van der Waals surface area contributed by atoms with Crippen LogP contribution < -0.4 is 0 Å². The van der Waals surface area contributed by atoms with E-state index in [4.69, 9.17) is 9.68 Å². The smallest absolute Gasteiger partial charge is 0.154 e. The maximum absolute atomic E-state index is 10.8. The molecule has 1 aromatic heterocycles. The summed E-state index contributed by atoms with van der Waals surface area (Å²) in [6, 6.07) is 5.22. The van der Waals surface area contributed by atoms with Gasteiger partial charge >= 0.3 is 0 Å². The van der Waals surface area contributed by atoms with Gasteiger partial charge in [-0.2, -0.15) is 5.26 Å². The SMILES string of the molecule is N#CCC(=O)Cc1ccco1. The molecule has 1 rings (SSSR count). The number of hydrogen-bond acceptors (Lipinski definition) is 3. The van der Waals surface area contributed by atoms with E-state index in [1.807, 2.05) is 0 Å². The highest BCUT2D eigenvalue weighted by Crippen LogP contribution is 2.02. The number of ketones is 1. The molecule has 0 N–H and O–H groups in total. The number of furan rings is 1. The van der Waals surface area contributed by atoms with E-state index < -0.39 is 0 Å². The second-order valence-electron chi connectivity index (χ2n) is 2.13. The van der Waals surface area contributed by atoms with Gasteiger partial charge in [-0.25, -0.2) is 0 Å². The lowest BCUT2D eigenvalue weighted by Crippen LogP contribution is -1.99. The van der Waals surface area contributed by atoms with Crippen molar-refractivity contribution in [3.05, 3.63) is 24.2 Å². The van der Waals surface area contributed by atoms with Crippen molar-refractivity contribution in [2.75, 3.05) is 0 Å². The van der Waals surface area contributed by atoms with Crippen LogP contribution >= 0.6 is 0 Å². The van der Waals surface area contributed by atoms with Gasteiger partial charge in [0.2, 0.25) is 0 Å². The summed E-state index contributed by atoms with van der Waals surface area (Å²) < 4.78 is 4.92. The molecule has 0 radical (unpaired) electrons. The first kappa shape index (κ1) is 7.55. The van der Waals surface area contributed by atoms with Crippen molar-refractivity contribution in [2.45, 2.75) is 12.8 Å². The summed E-state index contributed by atoms with van der Waals surface area (Å²) in [5.74, 6) is 0.507. The van der Waals surface area contributed by atoms with Crippen molar-refractivity contribution in [1.82, 2.24) is 0 Å². The molecule has 3 nitrogen and oxygen atoms in total. The first-order valence-electron chi connectivity index (χ1n) is 3.24. The Morgan fingerprint density at radius 1 is 1.73 bits per heavy atom. The highest BCUT2D eigenvalue weighted by atomic mass is 16.3. The molecule has 11 heavy (non-hydrogen) atoms. The van der Waals surface area contributed by atoms with E-state index in [1.54, 1.807) is 18.2 Å². The molecule has 0 atom stereocenters. The zero-order valence-electron chi connectivity index (χ0n) is 5.91. The van der Waals surface area contributed by atoms with Gasteiger partial charge < -0.3 is 4.42 Å². The molecule has 1 heterocycles. The van der Waals surface area contributed by atoms with Gasteiger partial charge in [0, 0.05) is 0 Å². The van der Waals surface area contributed by atoms with Gasteiger partial charge in [-0.05, 0) is 12.1 Å². The fraction of sp³-hybridized carbons (Fsp3) is 0.250. The molecule has 0 saturated carbocycles. The number of rotatable bonds is 3. The van der Waals surface area contributed by atoms with Crippen molar-refractivity contribution in [3.63, 3.8) is 0 Å². The molecule has 3 heteroatoms. The third-order valence-corrected chi connectivity index (χ3v) is 1.23. The van der Waals surface area contributed by atoms with E-state index in [9.17, 15) is 4.79 Å². The minimum atomic E-state index is -0.109. The Hall–Kier alpha value is -1.56. The van der Waals surface area contributed by atoms with Crippen LogP contribution in [-0.4, -0.2) is 5.78 Å². The third-order valence-electron chi connectivity index (χ3n) is 1.23. The van der Waals surface area contributed by atoms with Crippen LogP contribution in [0.5, 0.6) is 0 Å². The largest absolute Gasteiger partial charge is 0.469 e. The van der Waals surface area contributed by atoms with Crippen LogP contribution in [-0.2, 0) is 11.2 Å². The molecule has 0 bridgehead atoms. The molecule has 0 aliphatic heterocycles. The Kier molecular flexibility index (Phi) is 2.45. The normalized spacial score (nSPS) is 9.00. The van der Waals surface area contributed by atoms with Gasteiger partial charge in [0.25, 0.3) is 0 Å². The average Bonchev–Trinajstić information content (AvgIpc) is 2.40. The van der Waals surface area contributed by atoms with Crippen LogP contribution in [0.2, 0.25) is 0 Å². The Balaban J connectivity index is 2.45. The summed E-state index contributed by atoms with van der Waals surface area (Å²) >= 11 is 0.